The average molecular weight is 224 g/mol. The summed E-state index contributed by atoms with van der Waals surface area (Å²) in [6.45, 7) is 0.0242. The van der Waals surface area contributed by atoms with Crippen molar-refractivity contribution in [2.75, 3.05) is 13.9 Å². The van der Waals surface area contributed by atoms with Crippen molar-refractivity contribution in [1.29, 1.82) is 0 Å². The number of ketones is 1. The molecular formula is C10H8O6. The lowest BCUT2D eigenvalue weighted by Gasteiger charge is -2.08. The van der Waals surface area contributed by atoms with E-state index >= 15 is 0 Å². The van der Waals surface area contributed by atoms with Gasteiger partial charge in [0, 0.05) is 0 Å². The van der Waals surface area contributed by atoms with Gasteiger partial charge in [-0.15, -0.1) is 0 Å². The largest absolute Gasteiger partial charge is 0.492 e. The molecular weight excluding hydrogens is 216 g/mol. The van der Waals surface area contributed by atoms with Crippen LogP contribution in [-0.4, -0.2) is 30.8 Å². The van der Waals surface area contributed by atoms with Gasteiger partial charge in [-0.05, 0) is 12.1 Å². The number of methoxy groups -OCH3 is 1. The highest BCUT2D eigenvalue weighted by atomic mass is 16.7. The van der Waals surface area contributed by atoms with Crippen molar-refractivity contribution in [3.8, 4) is 17.2 Å². The predicted molar refractivity (Wildman–Crippen MR) is 51.1 cm³/mol. The molecule has 1 aromatic carbocycles. The SMILES string of the molecule is COc1c(C(=O)C(=O)O)ccc2c1OCO2. The van der Waals surface area contributed by atoms with Crippen LogP contribution in [0.1, 0.15) is 10.4 Å². The second-order valence-corrected chi connectivity index (χ2v) is 3.01. The molecule has 6 nitrogen and oxygen atoms in total. The maximum absolute atomic E-state index is 11.3. The van der Waals surface area contributed by atoms with Crippen molar-refractivity contribution in [2.24, 2.45) is 0 Å². The van der Waals surface area contributed by atoms with E-state index in [-0.39, 0.29) is 23.9 Å². The van der Waals surface area contributed by atoms with Gasteiger partial charge in [0.2, 0.25) is 12.5 Å². The maximum atomic E-state index is 11.3. The maximum Gasteiger partial charge on any atom is 0.377 e. The Hall–Kier alpha value is -2.24. The van der Waals surface area contributed by atoms with Crippen LogP contribution in [0.3, 0.4) is 0 Å². The Morgan fingerprint density at radius 2 is 2.12 bits per heavy atom. The lowest BCUT2D eigenvalue weighted by Crippen LogP contribution is -2.13. The van der Waals surface area contributed by atoms with Crippen LogP contribution in [0.4, 0.5) is 0 Å². The van der Waals surface area contributed by atoms with E-state index in [4.69, 9.17) is 19.3 Å². The smallest absolute Gasteiger partial charge is 0.377 e. The van der Waals surface area contributed by atoms with Crippen LogP contribution in [0.15, 0.2) is 12.1 Å². The average Bonchev–Trinajstić information content (AvgIpc) is 2.74. The van der Waals surface area contributed by atoms with Crippen LogP contribution in [0.25, 0.3) is 0 Å². The fourth-order valence-electron chi connectivity index (χ4n) is 1.44. The number of hydrogen-bond acceptors (Lipinski definition) is 5. The Kier molecular flexibility index (Phi) is 2.40. The lowest BCUT2D eigenvalue weighted by atomic mass is 10.1. The molecule has 0 aromatic heterocycles. The summed E-state index contributed by atoms with van der Waals surface area (Å²) in [6, 6.07) is 2.81. The minimum atomic E-state index is -1.54. The van der Waals surface area contributed by atoms with E-state index in [1.807, 2.05) is 0 Å². The van der Waals surface area contributed by atoms with Gasteiger partial charge in [-0.1, -0.05) is 0 Å². The second-order valence-electron chi connectivity index (χ2n) is 3.01. The summed E-state index contributed by atoms with van der Waals surface area (Å²) in [6.07, 6.45) is 0. The van der Waals surface area contributed by atoms with Gasteiger partial charge in [0.1, 0.15) is 0 Å². The Labute approximate surface area is 90.3 Å². The van der Waals surface area contributed by atoms with Crippen LogP contribution in [0.2, 0.25) is 0 Å². The molecule has 1 aliphatic heterocycles. The molecule has 0 fully saturated rings. The third-order valence-electron chi connectivity index (χ3n) is 2.14. The minimum absolute atomic E-state index is 0.0242. The number of hydrogen-bond donors (Lipinski definition) is 1. The summed E-state index contributed by atoms with van der Waals surface area (Å²) >= 11 is 0. The number of Topliss-reactive ketones (excluding diaryl/α,β-unsaturated/α-hetero) is 1. The monoisotopic (exact) mass is 224 g/mol. The van der Waals surface area contributed by atoms with Crippen molar-refractivity contribution < 1.29 is 28.9 Å². The number of carbonyl (C=O) groups is 2. The van der Waals surface area contributed by atoms with Gasteiger partial charge in [-0.25, -0.2) is 4.79 Å². The molecule has 1 aliphatic rings. The standard InChI is InChI=1S/C10H8O6/c1-14-8-5(7(11)10(12)13)2-3-6-9(8)16-4-15-6/h2-3H,4H2,1H3,(H,12,13). The zero-order valence-corrected chi connectivity index (χ0v) is 8.35. The molecule has 6 heteroatoms. The summed E-state index contributed by atoms with van der Waals surface area (Å²) in [7, 11) is 1.33. The van der Waals surface area contributed by atoms with Crippen LogP contribution < -0.4 is 14.2 Å². The van der Waals surface area contributed by atoms with Crippen molar-refractivity contribution in [3.63, 3.8) is 0 Å². The van der Waals surface area contributed by atoms with E-state index < -0.39 is 11.8 Å². The summed E-state index contributed by atoms with van der Waals surface area (Å²) in [5, 5.41) is 8.63. The molecule has 1 aromatic rings. The first-order valence-corrected chi connectivity index (χ1v) is 4.39. The van der Waals surface area contributed by atoms with Gasteiger partial charge < -0.3 is 19.3 Å². The van der Waals surface area contributed by atoms with Gasteiger partial charge >= 0.3 is 5.97 Å². The number of carboxylic acid groups (broad SMARTS) is 1. The molecule has 84 valence electrons. The molecule has 0 unspecified atom stereocenters. The van der Waals surface area contributed by atoms with Crippen molar-refractivity contribution in [1.82, 2.24) is 0 Å². The quantitative estimate of drug-likeness (QED) is 0.600. The summed E-state index contributed by atoms with van der Waals surface area (Å²) in [5.41, 5.74) is -0.0562. The Bertz CT molecular complexity index is 465. The van der Waals surface area contributed by atoms with Crippen molar-refractivity contribution in [2.45, 2.75) is 0 Å². The molecule has 0 aliphatic carbocycles. The van der Waals surface area contributed by atoms with Crippen molar-refractivity contribution in [3.05, 3.63) is 17.7 Å². The molecule has 0 spiro atoms. The summed E-state index contributed by atoms with van der Waals surface area (Å²) in [4.78, 5) is 21.9. The molecule has 0 radical (unpaired) electrons. The van der Waals surface area contributed by atoms with E-state index in [9.17, 15) is 9.59 Å². The number of aliphatic carboxylic acids is 1. The van der Waals surface area contributed by atoms with Gasteiger partial charge in [0.25, 0.3) is 5.78 Å². The molecule has 0 bridgehead atoms. The molecule has 0 atom stereocenters. The van der Waals surface area contributed by atoms with E-state index in [1.54, 1.807) is 0 Å². The summed E-state index contributed by atoms with van der Waals surface area (Å²) < 4.78 is 15.1. The lowest BCUT2D eigenvalue weighted by molar-refractivity contribution is -0.131. The van der Waals surface area contributed by atoms with E-state index in [0.29, 0.717) is 5.75 Å². The first kappa shape index (κ1) is 10.3. The summed E-state index contributed by atoms with van der Waals surface area (Å²) in [5.74, 6) is -1.82. The number of rotatable bonds is 3. The Morgan fingerprint density at radius 3 is 2.75 bits per heavy atom. The number of carbonyl (C=O) groups excluding carboxylic acids is 1. The zero-order valence-electron chi connectivity index (χ0n) is 8.35. The van der Waals surface area contributed by atoms with Crippen LogP contribution in [-0.2, 0) is 4.79 Å². The Morgan fingerprint density at radius 1 is 1.38 bits per heavy atom. The van der Waals surface area contributed by atoms with Crippen molar-refractivity contribution >= 4 is 11.8 Å². The number of fused-ring (bicyclic) bond motifs is 1. The highest BCUT2D eigenvalue weighted by Crippen LogP contribution is 2.43. The zero-order chi connectivity index (χ0) is 11.7. The second kappa shape index (κ2) is 3.73. The fourth-order valence-corrected chi connectivity index (χ4v) is 1.44. The third kappa shape index (κ3) is 1.44. The first-order chi connectivity index (χ1) is 7.65. The van der Waals surface area contributed by atoms with Gasteiger partial charge in [-0.3, -0.25) is 4.79 Å². The fraction of sp³-hybridized carbons (Fsp3) is 0.200. The predicted octanol–water partition coefficient (Wildman–Crippen LogP) is 0.691. The molecule has 1 heterocycles. The number of carboxylic acids is 1. The first-order valence-electron chi connectivity index (χ1n) is 4.39. The topological polar surface area (TPSA) is 82.1 Å². The van der Waals surface area contributed by atoms with E-state index in [1.165, 1.54) is 19.2 Å². The molecule has 2 rings (SSSR count). The molecule has 0 saturated carbocycles. The molecule has 0 amide bonds. The highest BCUT2D eigenvalue weighted by Gasteiger charge is 2.27. The van der Waals surface area contributed by atoms with Crippen LogP contribution in [0.5, 0.6) is 17.2 Å². The van der Waals surface area contributed by atoms with Gasteiger partial charge in [0.15, 0.2) is 11.5 Å². The van der Waals surface area contributed by atoms with Gasteiger partial charge in [-0.2, -0.15) is 0 Å². The van der Waals surface area contributed by atoms with E-state index in [2.05, 4.69) is 0 Å². The normalized spacial score (nSPS) is 12.3. The molecule has 16 heavy (non-hydrogen) atoms. The molecule has 0 saturated heterocycles. The Balaban J connectivity index is 2.55. The van der Waals surface area contributed by atoms with Gasteiger partial charge in [0.05, 0.1) is 12.7 Å². The minimum Gasteiger partial charge on any atom is -0.492 e. The van der Waals surface area contributed by atoms with Crippen LogP contribution in [0, 0.1) is 0 Å². The number of benzene rings is 1. The number of ether oxygens (including phenoxy) is 3. The third-order valence-corrected chi connectivity index (χ3v) is 2.14. The molecule has 1 N–H and O–H groups in total. The van der Waals surface area contributed by atoms with Crippen LogP contribution >= 0.6 is 0 Å². The highest BCUT2D eigenvalue weighted by molar-refractivity contribution is 6.40. The van der Waals surface area contributed by atoms with E-state index in [0.717, 1.165) is 0 Å².